The van der Waals surface area contributed by atoms with Crippen molar-refractivity contribution < 1.29 is 0 Å². The minimum Gasteiger partial charge on any atom is -0.155 e. The van der Waals surface area contributed by atoms with E-state index in [-0.39, 0.29) is 0 Å². The lowest BCUT2D eigenvalue weighted by Gasteiger charge is -2.22. The average Bonchev–Trinajstić information content (AvgIpc) is 2.37. The van der Waals surface area contributed by atoms with E-state index in [1.165, 1.54) is 12.8 Å². The van der Waals surface area contributed by atoms with Gasteiger partial charge in [-0.25, -0.2) is 0 Å². The van der Waals surface area contributed by atoms with Crippen molar-refractivity contribution in [2.45, 2.75) is 37.2 Å². The maximum atomic E-state index is 2.42. The Kier molecular flexibility index (Phi) is 1.29. The summed E-state index contributed by atoms with van der Waals surface area (Å²) in [5.41, 5.74) is 0. The highest BCUT2D eigenvalue weighted by molar-refractivity contribution is 8.01. The molecular formula is C8H14S. The Hall–Kier alpha value is 0.350. The van der Waals surface area contributed by atoms with Gasteiger partial charge in [0.05, 0.1) is 0 Å². The van der Waals surface area contributed by atoms with E-state index in [4.69, 9.17) is 0 Å². The minimum atomic E-state index is 1.01. The molecular weight excluding hydrogens is 128 g/mol. The average molecular weight is 142 g/mol. The predicted molar refractivity (Wildman–Crippen MR) is 42.7 cm³/mol. The highest BCUT2D eigenvalue weighted by Gasteiger charge is 2.43. The first-order valence-electron chi connectivity index (χ1n) is 3.94. The zero-order chi connectivity index (χ0) is 6.43. The molecule has 2 fully saturated rings. The van der Waals surface area contributed by atoms with Gasteiger partial charge in [0.15, 0.2) is 0 Å². The number of thioether (sulfide) groups is 1. The molecule has 0 N–H and O–H groups in total. The first-order chi connectivity index (χ1) is 4.29. The third-order valence-corrected chi connectivity index (χ3v) is 5.12. The van der Waals surface area contributed by atoms with Crippen LogP contribution in [0.1, 0.15) is 26.7 Å². The molecule has 1 unspecified atom stereocenters. The second-order valence-corrected chi connectivity index (χ2v) is 4.99. The number of hydrogen-bond acceptors (Lipinski definition) is 1. The van der Waals surface area contributed by atoms with Gasteiger partial charge in [0.1, 0.15) is 0 Å². The topological polar surface area (TPSA) is 0 Å². The summed E-state index contributed by atoms with van der Waals surface area (Å²) in [6.07, 6.45) is 3.00. The van der Waals surface area contributed by atoms with Crippen molar-refractivity contribution in [1.82, 2.24) is 0 Å². The Bertz CT molecular complexity index is 104. The quantitative estimate of drug-likeness (QED) is 0.501. The molecule has 2 bridgehead atoms. The molecule has 0 aromatic heterocycles. The number of rotatable bonds is 0. The smallest absolute Gasteiger partial charge is 0.00789 e. The van der Waals surface area contributed by atoms with Crippen LogP contribution in [0.5, 0.6) is 0 Å². The Morgan fingerprint density at radius 3 is 1.67 bits per heavy atom. The largest absolute Gasteiger partial charge is 0.155 e. The van der Waals surface area contributed by atoms with E-state index < -0.39 is 0 Å². The highest BCUT2D eigenvalue weighted by Crippen LogP contribution is 2.52. The van der Waals surface area contributed by atoms with Crippen LogP contribution in [-0.4, -0.2) is 10.5 Å². The van der Waals surface area contributed by atoms with Crippen LogP contribution in [0.25, 0.3) is 0 Å². The Morgan fingerprint density at radius 2 is 1.44 bits per heavy atom. The Labute approximate surface area is 61.4 Å². The Balaban J connectivity index is 2.15. The molecule has 9 heavy (non-hydrogen) atoms. The van der Waals surface area contributed by atoms with Gasteiger partial charge >= 0.3 is 0 Å². The van der Waals surface area contributed by atoms with Crippen LogP contribution in [0.4, 0.5) is 0 Å². The molecule has 52 valence electrons. The van der Waals surface area contributed by atoms with Crippen LogP contribution in [0, 0.1) is 11.8 Å². The lowest BCUT2D eigenvalue weighted by atomic mass is 9.82. The van der Waals surface area contributed by atoms with Crippen LogP contribution in [-0.2, 0) is 0 Å². The van der Waals surface area contributed by atoms with Gasteiger partial charge in [0.2, 0.25) is 0 Å². The van der Waals surface area contributed by atoms with Crippen molar-refractivity contribution >= 4 is 11.8 Å². The van der Waals surface area contributed by atoms with Crippen molar-refractivity contribution in [2.24, 2.45) is 11.8 Å². The normalized spacial score (nSPS) is 56.7. The summed E-state index contributed by atoms with van der Waals surface area (Å²) in [5.74, 6) is 2.02. The number of fused-ring (bicyclic) bond motifs is 2. The molecule has 0 saturated carbocycles. The predicted octanol–water partition coefficient (Wildman–Crippen LogP) is 2.54. The second kappa shape index (κ2) is 1.91. The van der Waals surface area contributed by atoms with Crippen molar-refractivity contribution in [3.05, 3.63) is 0 Å². The van der Waals surface area contributed by atoms with Crippen molar-refractivity contribution in [3.63, 3.8) is 0 Å². The van der Waals surface area contributed by atoms with E-state index in [0.717, 1.165) is 22.3 Å². The van der Waals surface area contributed by atoms with Crippen LogP contribution >= 0.6 is 11.8 Å². The molecule has 2 aliphatic rings. The van der Waals surface area contributed by atoms with E-state index in [0.29, 0.717) is 0 Å². The molecule has 0 amide bonds. The van der Waals surface area contributed by atoms with Gasteiger partial charge in [-0.2, -0.15) is 11.8 Å². The third kappa shape index (κ3) is 0.739. The van der Waals surface area contributed by atoms with Gasteiger partial charge in [0.25, 0.3) is 0 Å². The monoisotopic (exact) mass is 142 g/mol. The number of hydrogen-bond donors (Lipinski definition) is 0. The van der Waals surface area contributed by atoms with E-state index in [2.05, 4.69) is 25.6 Å². The molecule has 1 heteroatoms. The standard InChI is InChI=1S/C8H14S/c1-5-6(2)8-4-3-7(5)9-8/h5-8H,3-4H2,1-2H3/t5-,6+,7+,8?/m1/s1. The van der Waals surface area contributed by atoms with Crippen LogP contribution in [0.3, 0.4) is 0 Å². The molecule has 4 atom stereocenters. The van der Waals surface area contributed by atoms with E-state index in [1.807, 2.05) is 0 Å². The van der Waals surface area contributed by atoms with Gasteiger partial charge in [-0.1, -0.05) is 13.8 Å². The molecule has 2 saturated heterocycles. The van der Waals surface area contributed by atoms with Crippen molar-refractivity contribution in [3.8, 4) is 0 Å². The maximum absolute atomic E-state index is 2.42. The van der Waals surface area contributed by atoms with Gasteiger partial charge in [-0.3, -0.25) is 0 Å². The lowest BCUT2D eigenvalue weighted by molar-refractivity contribution is 0.330. The minimum absolute atomic E-state index is 1.01. The highest BCUT2D eigenvalue weighted by atomic mass is 32.2. The fraction of sp³-hybridized carbons (Fsp3) is 1.00. The summed E-state index contributed by atoms with van der Waals surface area (Å²) in [5, 5.41) is 2.06. The second-order valence-electron chi connectivity index (χ2n) is 3.51. The van der Waals surface area contributed by atoms with E-state index in [1.54, 1.807) is 0 Å². The molecule has 0 aliphatic carbocycles. The van der Waals surface area contributed by atoms with Gasteiger partial charge in [0, 0.05) is 10.5 Å². The molecule has 2 rings (SSSR count). The molecule has 2 aliphatic heterocycles. The zero-order valence-electron chi connectivity index (χ0n) is 6.13. The summed E-state index contributed by atoms with van der Waals surface area (Å²) in [4.78, 5) is 0. The van der Waals surface area contributed by atoms with Crippen molar-refractivity contribution in [2.75, 3.05) is 0 Å². The van der Waals surface area contributed by atoms with Gasteiger partial charge < -0.3 is 0 Å². The summed E-state index contributed by atoms with van der Waals surface area (Å²) < 4.78 is 0. The summed E-state index contributed by atoms with van der Waals surface area (Å²) in [6, 6.07) is 0. The van der Waals surface area contributed by atoms with Gasteiger partial charge in [-0.15, -0.1) is 0 Å². The summed E-state index contributed by atoms with van der Waals surface area (Å²) in [6.45, 7) is 4.84. The van der Waals surface area contributed by atoms with Crippen LogP contribution < -0.4 is 0 Å². The molecule has 2 heterocycles. The van der Waals surface area contributed by atoms with Gasteiger partial charge in [-0.05, 0) is 24.7 Å². The first kappa shape index (κ1) is 6.09. The maximum Gasteiger partial charge on any atom is 0.00789 e. The summed E-state index contributed by atoms with van der Waals surface area (Å²) in [7, 11) is 0. The van der Waals surface area contributed by atoms with E-state index in [9.17, 15) is 0 Å². The zero-order valence-corrected chi connectivity index (χ0v) is 6.95. The lowest BCUT2D eigenvalue weighted by Crippen LogP contribution is -2.21. The molecule has 0 nitrogen and oxygen atoms in total. The van der Waals surface area contributed by atoms with E-state index >= 15 is 0 Å². The molecule has 0 aromatic rings. The van der Waals surface area contributed by atoms with Crippen LogP contribution in [0.2, 0.25) is 0 Å². The molecule has 0 aromatic carbocycles. The SMILES string of the molecule is C[C@H]1[C@@H]2CCC(S2)[C@H]1C. The third-order valence-electron chi connectivity index (χ3n) is 3.09. The van der Waals surface area contributed by atoms with Crippen LogP contribution in [0.15, 0.2) is 0 Å². The Morgan fingerprint density at radius 1 is 1.00 bits per heavy atom. The first-order valence-corrected chi connectivity index (χ1v) is 4.89. The van der Waals surface area contributed by atoms with Crippen molar-refractivity contribution in [1.29, 1.82) is 0 Å². The fourth-order valence-electron chi connectivity index (χ4n) is 2.14. The fourth-order valence-corrected chi connectivity index (χ4v) is 4.12. The molecule has 0 radical (unpaired) electrons. The summed E-state index contributed by atoms with van der Waals surface area (Å²) >= 11 is 2.25. The molecule has 0 spiro atoms.